The highest BCUT2D eigenvalue weighted by atomic mass is 15.1. The molecule has 0 heterocycles. The van der Waals surface area contributed by atoms with E-state index in [-0.39, 0.29) is 0 Å². The summed E-state index contributed by atoms with van der Waals surface area (Å²) in [7, 11) is 0. The Bertz CT molecular complexity index is 183. The molecular weight excluding hydrogens is 162 g/mol. The number of hydrazone groups is 1. The zero-order chi connectivity index (χ0) is 10.3. The largest absolute Gasteiger partial charge is 0.323 e. The van der Waals surface area contributed by atoms with Crippen molar-refractivity contribution in [2.45, 2.75) is 39.7 Å². The van der Waals surface area contributed by atoms with Crippen LogP contribution in [0.3, 0.4) is 0 Å². The van der Waals surface area contributed by atoms with Crippen LogP contribution in [0.15, 0.2) is 17.3 Å². The van der Waals surface area contributed by atoms with Crippen LogP contribution in [0.5, 0.6) is 0 Å². The first-order chi connectivity index (χ1) is 6.11. The zero-order valence-corrected chi connectivity index (χ0v) is 8.93. The van der Waals surface area contributed by atoms with Crippen LogP contribution >= 0.6 is 0 Å². The molecule has 76 valence electrons. The lowest BCUT2D eigenvalue weighted by molar-refractivity contribution is 0.592. The predicted molar refractivity (Wildman–Crippen MR) is 58.8 cm³/mol. The van der Waals surface area contributed by atoms with E-state index < -0.39 is 0 Å². The molecule has 0 aliphatic carbocycles. The van der Waals surface area contributed by atoms with Gasteiger partial charge < -0.3 is 11.2 Å². The van der Waals surface area contributed by atoms with E-state index in [4.69, 9.17) is 5.84 Å². The third-order valence-electron chi connectivity index (χ3n) is 1.88. The molecule has 0 saturated heterocycles. The number of nitrogens with one attached hydrogen (secondary N) is 1. The monoisotopic (exact) mass is 183 g/mol. The van der Waals surface area contributed by atoms with Crippen molar-refractivity contribution >= 4 is 5.71 Å². The molecule has 0 rings (SSSR count). The highest BCUT2D eigenvalue weighted by Crippen LogP contribution is 2.03. The Labute approximate surface area is 81.1 Å². The SMILES string of the molecule is C=C(CCNC(C)C)/C(CC)=N\N. The summed E-state index contributed by atoms with van der Waals surface area (Å²) in [5.41, 5.74) is 1.96. The van der Waals surface area contributed by atoms with Crippen molar-refractivity contribution in [2.75, 3.05) is 6.54 Å². The van der Waals surface area contributed by atoms with Crippen molar-refractivity contribution in [1.29, 1.82) is 0 Å². The molecule has 3 nitrogen and oxygen atoms in total. The summed E-state index contributed by atoms with van der Waals surface area (Å²) >= 11 is 0. The highest BCUT2D eigenvalue weighted by molar-refractivity contribution is 5.99. The molecule has 0 saturated carbocycles. The van der Waals surface area contributed by atoms with Crippen molar-refractivity contribution in [3.8, 4) is 0 Å². The minimum atomic E-state index is 0.521. The van der Waals surface area contributed by atoms with Crippen LogP contribution < -0.4 is 11.2 Å². The van der Waals surface area contributed by atoms with E-state index in [0.29, 0.717) is 6.04 Å². The van der Waals surface area contributed by atoms with Gasteiger partial charge in [-0.25, -0.2) is 0 Å². The molecular formula is C10H21N3. The molecule has 0 aliphatic rings. The average molecular weight is 183 g/mol. The second-order valence-electron chi connectivity index (χ2n) is 3.39. The van der Waals surface area contributed by atoms with Gasteiger partial charge in [0.2, 0.25) is 0 Å². The summed E-state index contributed by atoms with van der Waals surface area (Å²) in [6.45, 7) is 11.2. The van der Waals surface area contributed by atoms with Gasteiger partial charge in [0.05, 0.1) is 5.71 Å². The Morgan fingerprint density at radius 2 is 2.15 bits per heavy atom. The summed E-state index contributed by atoms with van der Waals surface area (Å²) in [5.74, 6) is 5.22. The van der Waals surface area contributed by atoms with E-state index in [9.17, 15) is 0 Å². The van der Waals surface area contributed by atoms with Gasteiger partial charge >= 0.3 is 0 Å². The van der Waals surface area contributed by atoms with Crippen molar-refractivity contribution in [2.24, 2.45) is 10.9 Å². The van der Waals surface area contributed by atoms with Gasteiger partial charge in [0, 0.05) is 6.04 Å². The predicted octanol–water partition coefficient (Wildman–Crippen LogP) is 1.66. The summed E-state index contributed by atoms with van der Waals surface area (Å²) in [6.07, 6.45) is 1.78. The highest BCUT2D eigenvalue weighted by Gasteiger charge is 2.01. The maximum atomic E-state index is 5.22. The second kappa shape index (κ2) is 6.66. The molecule has 0 aliphatic heterocycles. The fraction of sp³-hybridized carbons (Fsp3) is 0.700. The first-order valence-electron chi connectivity index (χ1n) is 4.80. The third-order valence-corrected chi connectivity index (χ3v) is 1.88. The summed E-state index contributed by atoms with van der Waals surface area (Å²) < 4.78 is 0. The van der Waals surface area contributed by atoms with Gasteiger partial charge in [-0.05, 0) is 25.0 Å². The minimum absolute atomic E-state index is 0.521. The molecule has 3 heteroatoms. The minimum Gasteiger partial charge on any atom is -0.323 e. The van der Waals surface area contributed by atoms with Gasteiger partial charge in [0.1, 0.15) is 0 Å². The lowest BCUT2D eigenvalue weighted by Gasteiger charge is -2.09. The Kier molecular flexibility index (Phi) is 6.24. The number of hydrogen-bond acceptors (Lipinski definition) is 3. The van der Waals surface area contributed by atoms with Gasteiger partial charge in [-0.1, -0.05) is 27.4 Å². The maximum absolute atomic E-state index is 5.22. The van der Waals surface area contributed by atoms with Crippen LogP contribution in [0.4, 0.5) is 0 Å². The quantitative estimate of drug-likeness (QED) is 0.374. The van der Waals surface area contributed by atoms with Crippen LogP contribution in [0, 0.1) is 0 Å². The lowest BCUT2D eigenvalue weighted by atomic mass is 10.1. The van der Waals surface area contributed by atoms with Gasteiger partial charge in [0.15, 0.2) is 0 Å². The van der Waals surface area contributed by atoms with Crippen molar-refractivity contribution < 1.29 is 0 Å². The molecule has 0 unspecified atom stereocenters. The Hall–Kier alpha value is -0.830. The molecule has 0 atom stereocenters. The lowest BCUT2D eigenvalue weighted by Crippen LogP contribution is -2.24. The number of hydrogen-bond donors (Lipinski definition) is 2. The van der Waals surface area contributed by atoms with Crippen molar-refractivity contribution in [3.63, 3.8) is 0 Å². The first-order valence-corrected chi connectivity index (χ1v) is 4.80. The maximum Gasteiger partial charge on any atom is 0.0624 e. The van der Waals surface area contributed by atoms with Crippen LogP contribution in [0.1, 0.15) is 33.6 Å². The van der Waals surface area contributed by atoms with Crippen molar-refractivity contribution in [1.82, 2.24) is 5.32 Å². The van der Waals surface area contributed by atoms with Gasteiger partial charge in [-0.2, -0.15) is 5.10 Å². The molecule has 0 aromatic rings. The molecule has 0 radical (unpaired) electrons. The first kappa shape index (κ1) is 12.2. The molecule has 3 N–H and O–H groups in total. The van der Waals surface area contributed by atoms with Gasteiger partial charge in [-0.15, -0.1) is 0 Å². The topological polar surface area (TPSA) is 50.4 Å². The van der Waals surface area contributed by atoms with E-state index in [1.54, 1.807) is 0 Å². The third kappa shape index (κ3) is 5.42. The van der Waals surface area contributed by atoms with Gasteiger partial charge in [-0.3, -0.25) is 0 Å². The van der Waals surface area contributed by atoms with Crippen molar-refractivity contribution in [3.05, 3.63) is 12.2 Å². The van der Waals surface area contributed by atoms with E-state index in [2.05, 4.69) is 30.8 Å². The van der Waals surface area contributed by atoms with Crippen LogP contribution in [-0.2, 0) is 0 Å². The number of rotatable bonds is 6. The van der Waals surface area contributed by atoms with Crippen LogP contribution in [0.25, 0.3) is 0 Å². The summed E-state index contributed by atoms with van der Waals surface area (Å²) in [4.78, 5) is 0. The smallest absolute Gasteiger partial charge is 0.0624 e. The Morgan fingerprint density at radius 1 is 1.54 bits per heavy atom. The normalized spacial score (nSPS) is 12.2. The standard InChI is InChI=1S/C10H21N3/c1-5-10(13-11)9(4)6-7-12-8(2)3/h8,12H,4-7,11H2,1-3H3/b13-10-. The average Bonchev–Trinajstić information content (AvgIpc) is 2.05. The number of nitrogens with zero attached hydrogens (tertiary/aromatic N) is 1. The van der Waals surface area contributed by atoms with E-state index in [0.717, 1.165) is 30.7 Å². The molecule has 0 amide bonds. The summed E-state index contributed by atoms with van der Waals surface area (Å²) in [5, 5.41) is 7.02. The van der Waals surface area contributed by atoms with E-state index >= 15 is 0 Å². The Balaban J connectivity index is 3.74. The van der Waals surface area contributed by atoms with Crippen LogP contribution in [0.2, 0.25) is 0 Å². The fourth-order valence-corrected chi connectivity index (χ4v) is 1.09. The number of nitrogens with two attached hydrogens (primary N) is 1. The molecule has 0 aromatic heterocycles. The molecule has 0 aromatic carbocycles. The molecule has 0 fully saturated rings. The second-order valence-corrected chi connectivity index (χ2v) is 3.39. The van der Waals surface area contributed by atoms with E-state index in [1.807, 2.05) is 6.92 Å². The Morgan fingerprint density at radius 3 is 2.54 bits per heavy atom. The molecule has 0 spiro atoms. The zero-order valence-electron chi connectivity index (χ0n) is 8.93. The van der Waals surface area contributed by atoms with Crippen LogP contribution in [-0.4, -0.2) is 18.3 Å². The fourth-order valence-electron chi connectivity index (χ4n) is 1.09. The summed E-state index contributed by atoms with van der Waals surface area (Å²) in [6, 6.07) is 0.521. The van der Waals surface area contributed by atoms with E-state index in [1.165, 1.54) is 0 Å². The van der Waals surface area contributed by atoms with Gasteiger partial charge in [0.25, 0.3) is 0 Å². The molecule has 13 heavy (non-hydrogen) atoms. The molecule has 0 bridgehead atoms.